The molecule has 2 aromatic rings. The van der Waals surface area contributed by atoms with E-state index in [4.69, 9.17) is 4.42 Å². The highest BCUT2D eigenvalue weighted by Crippen LogP contribution is 2.26. The molecule has 0 fully saturated rings. The molecule has 7 nitrogen and oxygen atoms in total. The van der Waals surface area contributed by atoms with Crippen molar-refractivity contribution in [2.75, 3.05) is 13.1 Å². The van der Waals surface area contributed by atoms with Gasteiger partial charge >= 0.3 is 5.97 Å². The summed E-state index contributed by atoms with van der Waals surface area (Å²) in [5.74, 6) is -1.85. The molecule has 0 saturated carbocycles. The number of nitrogens with zero attached hydrogens (tertiary/aromatic N) is 1. The van der Waals surface area contributed by atoms with E-state index < -0.39 is 17.9 Å². The molecule has 0 radical (unpaired) electrons. The van der Waals surface area contributed by atoms with Crippen molar-refractivity contribution >= 4 is 28.8 Å². The van der Waals surface area contributed by atoms with Crippen LogP contribution in [-0.2, 0) is 14.4 Å². The summed E-state index contributed by atoms with van der Waals surface area (Å²) < 4.78 is 5.72. The van der Waals surface area contributed by atoms with E-state index in [1.165, 1.54) is 18.7 Å². The number of nitrogens with one attached hydrogen (secondary N) is 1. The van der Waals surface area contributed by atoms with Gasteiger partial charge in [0.05, 0.1) is 5.92 Å². The third kappa shape index (κ3) is 4.37. The van der Waals surface area contributed by atoms with Gasteiger partial charge in [0.25, 0.3) is 0 Å². The van der Waals surface area contributed by atoms with Crippen molar-refractivity contribution in [1.29, 1.82) is 0 Å². The van der Waals surface area contributed by atoms with E-state index in [1.54, 1.807) is 13.0 Å². The lowest BCUT2D eigenvalue weighted by molar-refractivity contribution is -0.150. The Kier molecular flexibility index (Phi) is 5.80. The quantitative estimate of drug-likeness (QED) is 0.798. The number of amides is 2. The minimum absolute atomic E-state index is 0.108. The molecule has 2 atom stereocenters. The van der Waals surface area contributed by atoms with Gasteiger partial charge in [-0.25, -0.2) is 4.79 Å². The van der Waals surface area contributed by atoms with E-state index in [2.05, 4.69) is 5.32 Å². The highest BCUT2D eigenvalue weighted by molar-refractivity contribution is 5.88. The number of furan rings is 1. The first-order chi connectivity index (χ1) is 11.8. The zero-order valence-electron chi connectivity index (χ0n) is 14.5. The normalized spacial score (nSPS) is 13.2. The number of aliphatic carboxylic acids is 1. The molecule has 1 heterocycles. The van der Waals surface area contributed by atoms with Gasteiger partial charge in [-0.15, -0.1) is 0 Å². The third-order valence-electron chi connectivity index (χ3n) is 4.08. The molecule has 0 spiro atoms. The number of carbonyl (C=O) groups is 3. The van der Waals surface area contributed by atoms with Gasteiger partial charge in [0.1, 0.15) is 17.4 Å². The summed E-state index contributed by atoms with van der Waals surface area (Å²) >= 11 is 0. The first-order valence-electron chi connectivity index (χ1n) is 8.07. The zero-order valence-corrected chi connectivity index (χ0v) is 14.5. The molecule has 25 heavy (non-hydrogen) atoms. The monoisotopic (exact) mass is 346 g/mol. The van der Waals surface area contributed by atoms with Crippen molar-refractivity contribution in [2.45, 2.75) is 32.7 Å². The Hall–Kier alpha value is -2.83. The van der Waals surface area contributed by atoms with Crippen molar-refractivity contribution in [1.82, 2.24) is 10.2 Å². The van der Waals surface area contributed by atoms with Crippen LogP contribution in [0.15, 0.2) is 34.7 Å². The predicted molar refractivity (Wildman–Crippen MR) is 92.1 cm³/mol. The van der Waals surface area contributed by atoms with Gasteiger partial charge in [0.15, 0.2) is 0 Å². The van der Waals surface area contributed by atoms with Gasteiger partial charge in [0, 0.05) is 25.4 Å². The standard InChI is InChI=1S/C18H22N2O5/c1-11(16-10-14-6-4-5-7-15(14)25-16)17(22)20(12(2)18(23)24)9-8-19-13(3)21/h4-7,10-12H,8-9H2,1-3H3,(H,19,21)(H,23,24). The molecule has 0 aliphatic carbocycles. The molecule has 0 saturated heterocycles. The Morgan fingerprint density at radius 1 is 1.24 bits per heavy atom. The summed E-state index contributed by atoms with van der Waals surface area (Å²) in [4.78, 5) is 36.4. The Morgan fingerprint density at radius 2 is 1.92 bits per heavy atom. The second kappa shape index (κ2) is 7.83. The maximum atomic E-state index is 12.8. The maximum absolute atomic E-state index is 12.8. The average Bonchev–Trinajstić information content (AvgIpc) is 3.00. The van der Waals surface area contributed by atoms with Crippen LogP contribution in [0.25, 0.3) is 11.0 Å². The second-order valence-corrected chi connectivity index (χ2v) is 5.94. The molecule has 134 valence electrons. The molecular formula is C18H22N2O5. The number of rotatable bonds is 7. The van der Waals surface area contributed by atoms with Crippen LogP contribution in [0.1, 0.15) is 32.4 Å². The molecule has 1 aromatic heterocycles. The van der Waals surface area contributed by atoms with Gasteiger partial charge in [-0.2, -0.15) is 0 Å². The highest BCUT2D eigenvalue weighted by atomic mass is 16.4. The molecule has 2 N–H and O–H groups in total. The van der Waals surface area contributed by atoms with Gasteiger partial charge in [-0.3, -0.25) is 9.59 Å². The van der Waals surface area contributed by atoms with Crippen molar-refractivity contribution in [3.05, 3.63) is 36.1 Å². The Bertz CT molecular complexity index is 750. The Morgan fingerprint density at radius 3 is 2.52 bits per heavy atom. The van der Waals surface area contributed by atoms with E-state index in [-0.39, 0.29) is 24.9 Å². The molecule has 0 aliphatic rings. The summed E-state index contributed by atoms with van der Waals surface area (Å²) in [5, 5.41) is 12.7. The number of carboxylic acids is 1. The van der Waals surface area contributed by atoms with E-state index in [1.807, 2.05) is 24.3 Å². The van der Waals surface area contributed by atoms with Crippen LogP contribution < -0.4 is 5.32 Å². The molecule has 2 unspecified atom stereocenters. The van der Waals surface area contributed by atoms with Crippen LogP contribution >= 0.6 is 0 Å². The zero-order chi connectivity index (χ0) is 18.6. The fraction of sp³-hybridized carbons (Fsp3) is 0.389. The van der Waals surface area contributed by atoms with E-state index in [0.717, 1.165) is 5.39 Å². The fourth-order valence-electron chi connectivity index (χ4n) is 2.57. The van der Waals surface area contributed by atoms with Crippen LogP contribution in [-0.4, -0.2) is 46.9 Å². The Balaban J connectivity index is 2.20. The van der Waals surface area contributed by atoms with Crippen molar-refractivity contribution in [2.24, 2.45) is 0 Å². The van der Waals surface area contributed by atoms with Crippen molar-refractivity contribution in [3.8, 4) is 0 Å². The first kappa shape index (κ1) is 18.5. The van der Waals surface area contributed by atoms with Crippen LogP contribution in [0.5, 0.6) is 0 Å². The number of hydrogen-bond donors (Lipinski definition) is 2. The number of fused-ring (bicyclic) bond motifs is 1. The molecule has 2 amide bonds. The lowest BCUT2D eigenvalue weighted by atomic mass is 10.1. The van der Waals surface area contributed by atoms with Crippen molar-refractivity contribution < 1.29 is 23.9 Å². The molecule has 0 aliphatic heterocycles. The Labute approximate surface area is 145 Å². The van der Waals surface area contributed by atoms with Gasteiger partial charge in [-0.1, -0.05) is 18.2 Å². The minimum atomic E-state index is -1.10. The van der Waals surface area contributed by atoms with Gasteiger partial charge in [0.2, 0.25) is 11.8 Å². The number of para-hydroxylation sites is 1. The van der Waals surface area contributed by atoms with E-state index in [9.17, 15) is 19.5 Å². The number of hydrogen-bond acceptors (Lipinski definition) is 4. The summed E-state index contributed by atoms with van der Waals surface area (Å²) in [6.45, 7) is 4.78. The topological polar surface area (TPSA) is 99.9 Å². The fourth-order valence-corrected chi connectivity index (χ4v) is 2.57. The van der Waals surface area contributed by atoms with Gasteiger partial charge < -0.3 is 19.7 Å². The number of carboxylic acid groups (broad SMARTS) is 1. The first-order valence-corrected chi connectivity index (χ1v) is 8.07. The predicted octanol–water partition coefficient (Wildman–Crippen LogP) is 1.97. The molecule has 1 aromatic carbocycles. The van der Waals surface area contributed by atoms with E-state index in [0.29, 0.717) is 11.3 Å². The smallest absolute Gasteiger partial charge is 0.326 e. The average molecular weight is 346 g/mol. The lowest BCUT2D eigenvalue weighted by Gasteiger charge is -2.28. The molecule has 0 bridgehead atoms. The summed E-state index contributed by atoms with van der Waals surface area (Å²) in [5.41, 5.74) is 0.674. The van der Waals surface area contributed by atoms with Crippen LogP contribution in [0, 0.1) is 0 Å². The summed E-state index contributed by atoms with van der Waals surface area (Å²) in [7, 11) is 0. The SMILES string of the molecule is CC(=O)NCCN(C(=O)C(C)c1cc2ccccc2o1)C(C)C(=O)O. The van der Waals surface area contributed by atoms with Gasteiger partial charge in [-0.05, 0) is 26.0 Å². The largest absolute Gasteiger partial charge is 0.480 e. The van der Waals surface area contributed by atoms with Crippen LogP contribution in [0.4, 0.5) is 0 Å². The van der Waals surface area contributed by atoms with Crippen LogP contribution in [0.2, 0.25) is 0 Å². The number of benzene rings is 1. The summed E-state index contributed by atoms with van der Waals surface area (Å²) in [6, 6.07) is 8.19. The summed E-state index contributed by atoms with van der Waals surface area (Å²) in [6.07, 6.45) is 0. The maximum Gasteiger partial charge on any atom is 0.326 e. The van der Waals surface area contributed by atoms with Crippen LogP contribution in [0.3, 0.4) is 0 Å². The molecule has 2 rings (SSSR count). The lowest BCUT2D eigenvalue weighted by Crippen LogP contribution is -2.48. The second-order valence-electron chi connectivity index (χ2n) is 5.94. The third-order valence-corrected chi connectivity index (χ3v) is 4.08. The molecule has 7 heteroatoms. The van der Waals surface area contributed by atoms with Crippen molar-refractivity contribution in [3.63, 3.8) is 0 Å². The number of carbonyl (C=O) groups excluding carboxylic acids is 2. The highest BCUT2D eigenvalue weighted by Gasteiger charge is 2.31. The van der Waals surface area contributed by atoms with E-state index >= 15 is 0 Å². The molecular weight excluding hydrogens is 324 g/mol. The minimum Gasteiger partial charge on any atom is -0.480 e.